The first-order valence-corrected chi connectivity index (χ1v) is 11.3. The van der Waals surface area contributed by atoms with Gasteiger partial charge in [-0.15, -0.1) is 16.4 Å². The molecule has 2 aromatic carbocycles. The molecule has 158 valence electrons. The minimum Gasteiger partial charge on any atom is -0.326 e. The normalized spacial score (nSPS) is 13.5. The fourth-order valence-corrected chi connectivity index (χ4v) is 4.63. The highest BCUT2D eigenvalue weighted by Gasteiger charge is 2.28. The fourth-order valence-electron chi connectivity index (χ4n) is 3.76. The zero-order valence-electron chi connectivity index (χ0n) is 17.0. The molecule has 1 amide bonds. The predicted molar refractivity (Wildman–Crippen MR) is 122 cm³/mol. The van der Waals surface area contributed by atoms with E-state index in [9.17, 15) is 4.79 Å². The standard InChI is InChI=1S/C23H19N7OS/c31-21(12-19-14-32-23-25-20(13-29(19)23)15-5-2-1-3-6-15)24-17-8-4-7-16(11-17)22-26-27-28-30(22)18-9-10-18/h1-8,11,13-14,18H,9-10,12H2,(H,24,31). The van der Waals surface area contributed by atoms with Crippen LogP contribution >= 0.6 is 11.3 Å². The number of nitrogens with one attached hydrogen (secondary N) is 1. The van der Waals surface area contributed by atoms with Crippen LogP contribution in [0.3, 0.4) is 0 Å². The van der Waals surface area contributed by atoms with E-state index in [2.05, 4.69) is 20.8 Å². The van der Waals surface area contributed by atoms with Crippen molar-refractivity contribution >= 4 is 27.9 Å². The summed E-state index contributed by atoms with van der Waals surface area (Å²) in [5.41, 5.74) is 4.48. The number of thiazole rings is 1. The van der Waals surface area contributed by atoms with Gasteiger partial charge >= 0.3 is 0 Å². The van der Waals surface area contributed by atoms with Gasteiger partial charge in [0.15, 0.2) is 10.8 Å². The smallest absolute Gasteiger partial charge is 0.230 e. The van der Waals surface area contributed by atoms with Crippen LogP contribution < -0.4 is 5.32 Å². The summed E-state index contributed by atoms with van der Waals surface area (Å²) in [6, 6.07) is 18.1. The van der Waals surface area contributed by atoms with Gasteiger partial charge in [0.25, 0.3) is 0 Å². The molecule has 1 saturated carbocycles. The molecule has 1 aliphatic carbocycles. The van der Waals surface area contributed by atoms with Crippen LogP contribution in [0.2, 0.25) is 0 Å². The third-order valence-corrected chi connectivity index (χ3v) is 6.37. The van der Waals surface area contributed by atoms with Crippen LogP contribution in [-0.2, 0) is 11.2 Å². The lowest BCUT2D eigenvalue weighted by atomic mass is 10.2. The Kier molecular flexibility index (Phi) is 4.53. The van der Waals surface area contributed by atoms with E-state index in [0.717, 1.165) is 51.8 Å². The van der Waals surface area contributed by atoms with Gasteiger partial charge in [-0.25, -0.2) is 9.67 Å². The van der Waals surface area contributed by atoms with Gasteiger partial charge in [0.05, 0.1) is 18.2 Å². The number of hydrogen-bond donors (Lipinski definition) is 1. The molecule has 0 saturated heterocycles. The van der Waals surface area contributed by atoms with E-state index >= 15 is 0 Å². The maximum absolute atomic E-state index is 12.8. The molecule has 9 heteroatoms. The van der Waals surface area contributed by atoms with Crippen LogP contribution in [-0.4, -0.2) is 35.5 Å². The predicted octanol–water partition coefficient (Wildman–Crippen LogP) is 4.23. The van der Waals surface area contributed by atoms with Gasteiger partial charge in [0.2, 0.25) is 5.91 Å². The summed E-state index contributed by atoms with van der Waals surface area (Å²) >= 11 is 1.54. The summed E-state index contributed by atoms with van der Waals surface area (Å²) in [6.45, 7) is 0. The van der Waals surface area contributed by atoms with Crippen LogP contribution in [0.1, 0.15) is 24.6 Å². The summed E-state index contributed by atoms with van der Waals surface area (Å²) in [6.07, 6.45) is 4.45. The van der Waals surface area contributed by atoms with Crippen LogP contribution in [0.5, 0.6) is 0 Å². The van der Waals surface area contributed by atoms with Crippen molar-refractivity contribution in [1.29, 1.82) is 0 Å². The Morgan fingerprint density at radius 3 is 2.78 bits per heavy atom. The number of carbonyl (C=O) groups is 1. The molecule has 1 N–H and O–H groups in total. The molecule has 0 unspecified atom stereocenters. The van der Waals surface area contributed by atoms with Gasteiger partial charge in [0, 0.05) is 34.1 Å². The van der Waals surface area contributed by atoms with Crippen molar-refractivity contribution in [2.45, 2.75) is 25.3 Å². The largest absolute Gasteiger partial charge is 0.326 e. The third kappa shape index (κ3) is 3.56. The van der Waals surface area contributed by atoms with Crippen molar-refractivity contribution in [2.75, 3.05) is 5.32 Å². The number of aromatic nitrogens is 6. The van der Waals surface area contributed by atoms with E-state index < -0.39 is 0 Å². The van der Waals surface area contributed by atoms with Gasteiger partial charge < -0.3 is 5.32 Å². The molecule has 3 heterocycles. The van der Waals surface area contributed by atoms with Gasteiger partial charge in [-0.2, -0.15) is 0 Å². The molecule has 5 aromatic rings. The second-order valence-electron chi connectivity index (χ2n) is 7.86. The zero-order valence-corrected chi connectivity index (χ0v) is 17.9. The number of benzene rings is 2. The van der Waals surface area contributed by atoms with Gasteiger partial charge in [0.1, 0.15) is 0 Å². The highest BCUT2D eigenvalue weighted by atomic mass is 32.1. The number of hydrogen-bond acceptors (Lipinski definition) is 6. The molecule has 8 nitrogen and oxygen atoms in total. The summed E-state index contributed by atoms with van der Waals surface area (Å²) in [4.78, 5) is 18.4. The van der Waals surface area contributed by atoms with Crippen molar-refractivity contribution < 1.29 is 4.79 Å². The first-order valence-electron chi connectivity index (χ1n) is 10.4. The van der Waals surface area contributed by atoms with Crippen molar-refractivity contribution in [1.82, 2.24) is 29.6 Å². The maximum Gasteiger partial charge on any atom is 0.230 e. The number of tetrazole rings is 1. The van der Waals surface area contributed by atoms with E-state index in [1.54, 1.807) is 0 Å². The highest BCUT2D eigenvalue weighted by Crippen LogP contribution is 2.36. The van der Waals surface area contributed by atoms with Crippen LogP contribution in [0, 0.1) is 0 Å². The van der Waals surface area contributed by atoms with E-state index in [1.165, 1.54) is 11.3 Å². The minimum atomic E-state index is -0.0846. The first-order chi connectivity index (χ1) is 15.7. The Balaban J connectivity index is 1.20. The second kappa shape index (κ2) is 7.69. The lowest BCUT2D eigenvalue weighted by Crippen LogP contribution is -2.15. The Hall–Kier alpha value is -3.85. The summed E-state index contributed by atoms with van der Waals surface area (Å²) in [5, 5.41) is 17.1. The van der Waals surface area contributed by atoms with Gasteiger partial charge in [-0.05, 0) is 35.4 Å². The van der Waals surface area contributed by atoms with Crippen molar-refractivity contribution in [2.24, 2.45) is 0 Å². The van der Waals surface area contributed by atoms with Gasteiger partial charge in [-0.1, -0.05) is 42.5 Å². The summed E-state index contributed by atoms with van der Waals surface area (Å²) in [7, 11) is 0. The number of rotatable bonds is 6. The Labute approximate surface area is 187 Å². The second-order valence-corrected chi connectivity index (χ2v) is 8.69. The van der Waals surface area contributed by atoms with Gasteiger partial charge in [-0.3, -0.25) is 9.20 Å². The molecule has 1 fully saturated rings. The van der Waals surface area contributed by atoms with E-state index in [-0.39, 0.29) is 12.3 Å². The molecule has 32 heavy (non-hydrogen) atoms. The molecular weight excluding hydrogens is 422 g/mol. The van der Waals surface area contributed by atoms with E-state index in [0.29, 0.717) is 6.04 Å². The molecule has 0 atom stereocenters. The fraction of sp³-hybridized carbons (Fsp3) is 0.174. The van der Waals surface area contributed by atoms with Crippen molar-refractivity contribution in [3.8, 4) is 22.6 Å². The quantitative estimate of drug-likeness (QED) is 0.426. The number of amides is 1. The van der Waals surface area contributed by atoms with Crippen molar-refractivity contribution in [3.05, 3.63) is 71.9 Å². The summed E-state index contributed by atoms with van der Waals surface area (Å²) < 4.78 is 3.86. The Morgan fingerprint density at radius 2 is 1.94 bits per heavy atom. The average Bonchev–Trinajstić information content (AvgIpc) is 3.21. The van der Waals surface area contributed by atoms with Crippen LogP contribution in [0.4, 0.5) is 5.69 Å². The van der Waals surface area contributed by atoms with E-state index in [4.69, 9.17) is 4.98 Å². The molecule has 0 aliphatic heterocycles. The first kappa shape index (κ1) is 18.9. The lowest BCUT2D eigenvalue weighted by molar-refractivity contribution is -0.115. The summed E-state index contributed by atoms with van der Waals surface area (Å²) in [5.74, 6) is 0.647. The third-order valence-electron chi connectivity index (χ3n) is 5.48. The maximum atomic E-state index is 12.8. The molecule has 1 aliphatic rings. The van der Waals surface area contributed by atoms with Crippen LogP contribution in [0.25, 0.3) is 27.6 Å². The van der Waals surface area contributed by atoms with Crippen LogP contribution in [0.15, 0.2) is 66.2 Å². The number of fused-ring (bicyclic) bond motifs is 1. The Bertz CT molecular complexity index is 1410. The molecule has 3 aromatic heterocycles. The lowest BCUT2D eigenvalue weighted by Gasteiger charge is -2.08. The molecule has 0 bridgehead atoms. The topological polar surface area (TPSA) is 90.0 Å². The highest BCUT2D eigenvalue weighted by molar-refractivity contribution is 7.15. The monoisotopic (exact) mass is 441 g/mol. The number of anilines is 1. The molecular formula is C23H19N7OS. The zero-order chi connectivity index (χ0) is 21.5. The molecule has 0 spiro atoms. The number of imidazole rings is 1. The van der Waals surface area contributed by atoms with E-state index in [1.807, 2.05) is 75.3 Å². The molecule has 0 radical (unpaired) electrons. The molecule has 6 rings (SSSR count). The Morgan fingerprint density at radius 1 is 1.09 bits per heavy atom. The van der Waals surface area contributed by atoms with Crippen molar-refractivity contribution in [3.63, 3.8) is 0 Å². The minimum absolute atomic E-state index is 0.0846. The number of nitrogens with zero attached hydrogens (tertiary/aromatic N) is 6. The SMILES string of the molecule is O=C(Cc1csc2nc(-c3ccccc3)cn12)Nc1cccc(-c2nnnn2C2CC2)c1. The number of carbonyl (C=O) groups excluding carboxylic acids is 1. The average molecular weight is 442 g/mol.